The van der Waals surface area contributed by atoms with Crippen molar-refractivity contribution in [3.05, 3.63) is 60.2 Å². The molecule has 1 atom stereocenters. The molecule has 2 aromatic rings. The van der Waals surface area contributed by atoms with Crippen molar-refractivity contribution in [2.45, 2.75) is 33.0 Å². The van der Waals surface area contributed by atoms with Crippen LogP contribution in [0.15, 0.2) is 54.6 Å². The van der Waals surface area contributed by atoms with Crippen molar-refractivity contribution in [3.8, 4) is 11.5 Å². The number of hydrogen-bond acceptors (Lipinski definition) is 4. The Labute approximate surface area is 137 Å². The van der Waals surface area contributed by atoms with Crippen LogP contribution in [0.2, 0.25) is 0 Å². The minimum Gasteiger partial charge on any atom is -0.489 e. The summed E-state index contributed by atoms with van der Waals surface area (Å²) < 4.78 is 16.4. The van der Waals surface area contributed by atoms with E-state index in [-0.39, 0.29) is 5.97 Å². The molecule has 23 heavy (non-hydrogen) atoms. The smallest absolute Gasteiger partial charge is 0.347 e. The molecule has 0 saturated heterocycles. The molecule has 0 spiro atoms. The van der Waals surface area contributed by atoms with Crippen molar-refractivity contribution in [1.29, 1.82) is 0 Å². The van der Waals surface area contributed by atoms with Gasteiger partial charge in [0, 0.05) is 0 Å². The highest BCUT2D eigenvalue weighted by Crippen LogP contribution is 2.20. The number of carbonyl (C=O) groups is 1. The maximum Gasteiger partial charge on any atom is 0.347 e. The number of benzene rings is 2. The Bertz CT molecular complexity index is 593. The third kappa shape index (κ3) is 5.33. The summed E-state index contributed by atoms with van der Waals surface area (Å²) in [6.45, 7) is 4.54. The second-order valence-electron chi connectivity index (χ2n) is 5.01. The first-order chi connectivity index (χ1) is 11.2. The number of ether oxygens (including phenoxy) is 3. The van der Waals surface area contributed by atoms with Gasteiger partial charge in [-0.05, 0) is 43.2 Å². The molecule has 0 aliphatic carbocycles. The van der Waals surface area contributed by atoms with Crippen molar-refractivity contribution in [3.63, 3.8) is 0 Å². The average Bonchev–Trinajstić information content (AvgIpc) is 2.60. The summed E-state index contributed by atoms with van der Waals surface area (Å²) in [6, 6.07) is 17.2. The highest BCUT2D eigenvalue weighted by Gasteiger charge is 2.19. The Balaban J connectivity index is 1.89. The van der Waals surface area contributed by atoms with Crippen molar-refractivity contribution < 1.29 is 19.0 Å². The van der Waals surface area contributed by atoms with Crippen LogP contribution < -0.4 is 9.47 Å². The van der Waals surface area contributed by atoms with Crippen LogP contribution in [0.3, 0.4) is 0 Å². The third-order valence-electron chi connectivity index (χ3n) is 3.27. The molecule has 0 amide bonds. The normalized spacial score (nSPS) is 11.6. The van der Waals surface area contributed by atoms with Crippen LogP contribution in [-0.2, 0) is 16.1 Å². The molecule has 1 unspecified atom stereocenters. The van der Waals surface area contributed by atoms with Crippen LogP contribution >= 0.6 is 0 Å². The van der Waals surface area contributed by atoms with Gasteiger partial charge < -0.3 is 14.2 Å². The molecule has 0 aromatic heterocycles. The number of esters is 1. The van der Waals surface area contributed by atoms with E-state index in [4.69, 9.17) is 14.2 Å². The van der Waals surface area contributed by atoms with Gasteiger partial charge in [0.05, 0.1) is 6.61 Å². The van der Waals surface area contributed by atoms with Crippen molar-refractivity contribution in [1.82, 2.24) is 0 Å². The molecule has 0 fully saturated rings. The van der Waals surface area contributed by atoms with Gasteiger partial charge in [-0.1, -0.05) is 37.3 Å². The van der Waals surface area contributed by atoms with E-state index in [1.54, 1.807) is 19.1 Å². The second kappa shape index (κ2) is 8.83. The van der Waals surface area contributed by atoms with Crippen LogP contribution in [0.25, 0.3) is 0 Å². The highest BCUT2D eigenvalue weighted by molar-refractivity contribution is 5.75. The zero-order valence-electron chi connectivity index (χ0n) is 13.5. The van der Waals surface area contributed by atoms with E-state index in [1.807, 2.05) is 49.4 Å². The summed E-state index contributed by atoms with van der Waals surface area (Å²) in [5.41, 5.74) is 1.11. The van der Waals surface area contributed by atoms with Gasteiger partial charge in [-0.2, -0.15) is 0 Å². The topological polar surface area (TPSA) is 44.8 Å². The lowest BCUT2D eigenvalue weighted by Crippen LogP contribution is -2.28. The van der Waals surface area contributed by atoms with Crippen molar-refractivity contribution in [2.24, 2.45) is 0 Å². The van der Waals surface area contributed by atoms with E-state index in [0.717, 1.165) is 11.3 Å². The zero-order valence-corrected chi connectivity index (χ0v) is 13.5. The summed E-state index contributed by atoms with van der Waals surface area (Å²) in [7, 11) is 0. The average molecular weight is 314 g/mol. The van der Waals surface area contributed by atoms with E-state index in [2.05, 4.69) is 0 Å². The first-order valence-electron chi connectivity index (χ1n) is 7.83. The molecule has 2 aromatic carbocycles. The lowest BCUT2D eigenvalue weighted by molar-refractivity contribution is -0.151. The fourth-order valence-electron chi connectivity index (χ4n) is 2.05. The summed E-state index contributed by atoms with van der Waals surface area (Å²) in [5, 5.41) is 0. The van der Waals surface area contributed by atoms with Gasteiger partial charge in [-0.3, -0.25) is 0 Å². The van der Waals surface area contributed by atoms with Gasteiger partial charge in [0.1, 0.15) is 18.1 Å². The number of carbonyl (C=O) groups excluding carboxylic acids is 1. The quantitative estimate of drug-likeness (QED) is 0.691. The molecule has 2 rings (SSSR count). The molecule has 0 aliphatic heterocycles. The Kier molecular flexibility index (Phi) is 6.48. The van der Waals surface area contributed by atoms with Gasteiger partial charge in [-0.25, -0.2) is 4.79 Å². The predicted molar refractivity (Wildman–Crippen MR) is 88.6 cm³/mol. The molecule has 0 saturated carbocycles. The SMILES string of the molecule is CCOC(=O)C(CC)Oc1ccc(OCc2ccccc2)cc1. The van der Waals surface area contributed by atoms with Gasteiger partial charge in [-0.15, -0.1) is 0 Å². The van der Waals surface area contributed by atoms with Crippen LogP contribution in [0.1, 0.15) is 25.8 Å². The molecule has 4 nitrogen and oxygen atoms in total. The summed E-state index contributed by atoms with van der Waals surface area (Å²) >= 11 is 0. The number of rotatable bonds is 8. The van der Waals surface area contributed by atoms with Crippen molar-refractivity contribution >= 4 is 5.97 Å². The highest BCUT2D eigenvalue weighted by atomic mass is 16.6. The molecule has 0 bridgehead atoms. The lowest BCUT2D eigenvalue weighted by atomic mass is 10.2. The van der Waals surface area contributed by atoms with E-state index >= 15 is 0 Å². The largest absolute Gasteiger partial charge is 0.489 e. The fraction of sp³-hybridized carbons (Fsp3) is 0.316. The molecule has 0 aliphatic rings. The van der Waals surface area contributed by atoms with Gasteiger partial charge in [0.15, 0.2) is 6.10 Å². The summed E-state index contributed by atoms with van der Waals surface area (Å²) in [5.74, 6) is 1.04. The molecular weight excluding hydrogens is 292 g/mol. The Morgan fingerprint density at radius 3 is 2.22 bits per heavy atom. The Morgan fingerprint density at radius 1 is 0.957 bits per heavy atom. The molecule has 0 radical (unpaired) electrons. The summed E-state index contributed by atoms with van der Waals surface area (Å²) in [6.07, 6.45) is -0.0171. The first-order valence-corrected chi connectivity index (χ1v) is 7.83. The zero-order chi connectivity index (χ0) is 16.5. The minimum absolute atomic E-state index is 0.334. The van der Waals surface area contributed by atoms with Gasteiger partial charge in [0.2, 0.25) is 0 Å². The van der Waals surface area contributed by atoms with E-state index < -0.39 is 6.10 Å². The van der Waals surface area contributed by atoms with E-state index in [1.165, 1.54) is 0 Å². The maximum atomic E-state index is 11.7. The maximum absolute atomic E-state index is 11.7. The molecule has 4 heteroatoms. The molecule has 0 N–H and O–H groups in total. The van der Waals surface area contributed by atoms with Crippen LogP contribution in [0.4, 0.5) is 0 Å². The van der Waals surface area contributed by atoms with Crippen molar-refractivity contribution in [2.75, 3.05) is 6.61 Å². The minimum atomic E-state index is -0.578. The molecular formula is C19H22O4. The predicted octanol–water partition coefficient (Wildman–Crippen LogP) is 3.99. The van der Waals surface area contributed by atoms with E-state index in [9.17, 15) is 4.79 Å². The number of hydrogen-bond donors (Lipinski definition) is 0. The second-order valence-corrected chi connectivity index (χ2v) is 5.01. The first kappa shape index (κ1) is 16.9. The third-order valence-corrected chi connectivity index (χ3v) is 3.27. The fourth-order valence-corrected chi connectivity index (χ4v) is 2.05. The van der Waals surface area contributed by atoms with Crippen LogP contribution in [0, 0.1) is 0 Å². The monoisotopic (exact) mass is 314 g/mol. The van der Waals surface area contributed by atoms with Gasteiger partial charge in [0.25, 0.3) is 0 Å². The van der Waals surface area contributed by atoms with Crippen LogP contribution in [-0.4, -0.2) is 18.7 Å². The molecule has 122 valence electrons. The Morgan fingerprint density at radius 2 is 1.61 bits per heavy atom. The van der Waals surface area contributed by atoms with Gasteiger partial charge >= 0.3 is 5.97 Å². The molecule has 0 heterocycles. The lowest BCUT2D eigenvalue weighted by Gasteiger charge is -2.16. The van der Waals surface area contributed by atoms with Crippen LogP contribution in [0.5, 0.6) is 11.5 Å². The standard InChI is InChI=1S/C19H22O4/c1-3-18(19(20)21-4-2)23-17-12-10-16(11-13-17)22-14-15-8-6-5-7-9-15/h5-13,18H,3-4,14H2,1-2H3. The van der Waals surface area contributed by atoms with E-state index in [0.29, 0.717) is 25.4 Å². The Hall–Kier alpha value is -2.49. The summed E-state index contributed by atoms with van der Waals surface area (Å²) in [4.78, 5) is 11.7.